The molecule has 2 atom stereocenters. The number of carbonyl (C=O) groups is 2. The van der Waals surface area contributed by atoms with Crippen LogP contribution in [0.3, 0.4) is 0 Å². The minimum Gasteiger partial charge on any atom is -0.453 e. The van der Waals surface area contributed by atoms with Gasteiger partial charge in [0.15, 0.2) is 0 Å². The molecule has 0 aromatic heterocycles. The minimum atomic E-state index is -0.424. The van der Waals surface area contributed by atoms with E-state index < -0.39 is 6.09 Å². The summed E-state index contributed by atoms with van der Waals surface area (Å²) in [6.07, 6.45) is 2.05. The Morgan fingerprint density at radius 3 is 2.55 bits per heavy atom. The Bertz CT molecular complexity index is 1090. The third-order valence-electron chi connectivity index (χ3n) is 6.46. The number of nitrogens with zero attached hydrogens (tertiary/aromatic N) is 2. The second-order valence-electron chi connectivity index (χ2n) is 8.83. The van der Waals surface area contributed by atoms with Crippen molar-refractivity contribution >= 4 is 29.3 Å². The lowest BCUT2D eigenvalue weighted by molar-refractivity contribution is -0.122. The summed E-state index contributed by atoms with van der Waals surface area (Å²) in [6, 6.07) is 15.6. The molecule has 172 valence electrons. The second-order valence-corrected chi connectivity index (χ2v) is 9.23. The van der Waals surface area contributed by atoms with Gasteiger partial charge < -0.3 is 20.3 Å². The highest BCUT2D eigenvalue weighted by Gasteiger charge is 2.46. The molecule has 1 saturated heterocycles. The molecule has 2 aromatic carbocycles. The zero-order valence-electron chi connectivity index (χ0n) is 18.7. The predicted octanol–water partition coefficient (Wildman–Crippen LogP) is 4.21. The lowest BCUT2D eigenvalue weighted by atomic mass is 9.99. The number of anilines is 1. The normalized spacial score (nSPS) is 20.6. The monoisotopic (exact) mass is 466 g/mol. The van der Waals surface area contributed by atoms with Crippen LogP contribution in [0.15, 0.2) is 42.5 Å². The van der Waals surface area contributed by atoms with Gasteiger partial charge in [0, 0.05) is 6.54 Å². The number of nitrogens with one attached hydrogen (secondary N) is 2. The molecule has 0 bridgehead atoms. The van der Waals surface area contributed by atoms with E-state index >= 15 is 0 Å². The van der Waals surface area contributed by atoms with Crippen molar-refractivity contribution in [2.75, 3.05) is 25.1 Å². The van der Waals surface area contributed by atoms with Crippen molar-refractivity contribution < 1.29 is 14.3 Å². The molecule has 0 radical (unpaired) electrons. The van der Waals surface area contributed by atoms with Gasteiger partial charge >= 0.3 is 6.09 Å². The maximum absolute atomic E-state index is 12.6. The van der Waals surface area contributed by atoms with Crippen LogP contribution in [0.1, 0.15) is 31.7 Å². The van der Waals surface area contributed by atoms with Gasteiger partial charge in [0.25, 0.3) is 0 Å². The molecule has 33 heavy (non-hydrogen) atoms. The summed E-state index contributed by atoms with van der Waals surface area (Å²) in [4.78, 5) is 26.4. The lowest BCUT2D eigenvalue weighted by Crippen LogP contribution is -2.43. The lowest BCUT2D eigenvalue weighted by Gasteiger charge is -2.27. The van der Waals surface area contributed by atoms with Crippen LogP contribution in [-0.2, 0) is 15.1 Å². The van der Waals surface area contributed by atoms with Gasteiger partial charge in [-0.05, 0) is 54.0 Å². The molecule has 2 aromatic rings. The number of benzene rings is 2. The quantitative estimate of drug-likeness (QED) is 0.622. The summed E-state index contributed by atoms with van der Waals surface area (Å²) in [5.74, 6) is 0.179. The number of amides is 2. The zero-order chi connectivity index (χ0) is 23.6. The van der Waals surface area contributed by atoms with Crippen molar-refractivity contribution in [1.29, 1.82) is 5.26 Å². The number of hydrogen-bond acceptors (Lipinski definition) is 5. The summed E-state index contributed by atoms with van der Waals surface area (Å²) < 4.78 is 4.76. The number of nitriles is 1. The van der Waals surface area contributed by atoms with E-state index in [4.69, 9.17) is 21.6 Å². The van der Waals surface area contributed by atoms with Gasteiger partial charge in [-0.3, -0.25) is 4.79 Å². The molecule has 0 unspecified atom stereocenters. The van der Waals surface area contributed by atoms with Crippen LogP contribution in [-0.4, -0.2) is 38.2 Å². The Kier molecular flexibility index (Phi) is 6.48. The van der Waals surface area contributed by atoms with Crippen LogP contribution in [0.5, 0.6) is 0 Å². The van der Waals surface area contributed by atoms with E-state index in [9.17, 15) is 9.59 Å². The largest absolute Gasteiger partial charge is 0.453 e. The number of ether oxygens (including phenoxy) is 1. The molecule has 7 nitrogen and oxygen atoms in total. The van der Waals surface area contributed by atoms with Gasteiger partial charge in [-0.2, -0.15) is 5.26 Å². The second kappa shape index (κ2) is 9.32. The average molecular weight is 467 g/mol. The minimum absolute atomic E-state index is 0.00992. The molecular weight excluding hydrogens is 440 g/mol. The molecule has 1 heterocycles. The summed E-state index contributed by atoms with van der Waals surface area (Å²) in [5, 5.41) is 15.0. The standard InChI is InChI=1S/C25H27ClN4O3/c1-16-13-22(23(31)28-12-11-27)30(15-16)21-14-18(5-8-20(21)26)17-3-6-19(7-4-17)25(9-10-25)29-24(32)33-2/h3-8,14,16,22H,9-10,12-13,15H2,1-2H3,(H,28,31)(H,29,32)/t16-,22-/m0/s1. The van der Waals surface area contributed by atoms with E-state index in [0.717, 1.165) is 35.2 Å². The van der Waals surface area contributed by atoms with E-state index in [1.165, 1.54) is 7.11 Å². The average Bonchev–Trinajstić information content (AvgIpc) is 3.50. The van der Waals surface area contributed by atoms with E-state index in [-0.39, 0.29) is 24.0 Å². The molecular formula is C25H27ClN4O3. The molecule has 8 heteroatoms. The molecule has 1 aliphatic heterocycles. The van der Waals surface area contributed by atoms with E-state index in [1.54, 1.807) is 0 Å². The van der Waals surface area contributed by atoms with Crippen molar-refractivity contribution in [3.63, 3.8) is 0 Å². The number of rotatable bonds is 6. The van der Waals surface area contributed by atoms with E-state index in [2.05, 4.69) is 17.6 Å². The van der Waals surface area contributed by atoms with Gasteiger partial charge in [-0.25, -0.2) is 4.79 Å². The maximum Gasteiger partial charge on any atom is 0.407 e. The number of hydrogen-bond donors (Lipinski definition) is 2. The summed E-state index contributed by atoms with van der Waals surface area (Å²) in [5.41, 5.74) is 3.52. The van der Waals surface area contributed by atoms with Crippen LogP contribution in [0.4, 0.5) is 10.5 Å². The number of methoxy groups -OCH3 is 1. The van der Waals surface area contributed by atoms with Gasteiger partial charge in [0.05, 0.1) is 29.4 Å². The van der Waals surface area contributed by atoms with Crippen molar-refractivity contribution in [2.24, 2.45) is 5.92 Å². The van der Waals surface area contributed by atoms with Crippen LogP contribution >= 0.6 is 11.6 Å². The van der Waals surface area contributed by atoms with Crippen molar-refractivity contribution in [2.45, 2.75) is 37.8 Å². The molecule has 2 fully saturated rings. The van der Waals surface area contributed by atoms with Crippen molar-refractivity contribution in [1.82, 2.24) is 10.6 Å². The molecule has 4 rings (SSSR count). The predicted molar refractivity (Wildman–Crippen MR) is 127 cm³/mol. The highest BCUT2D eigenvalue weighted by Crippen LogP contribution is 2.46. The SMILES string of the molecule is COC(=O)NC1(c2ccc(-c3ccc(Cl)c(N4C[C@@H](C)C[C@H]4C(=O)NCC#N)c3)cc2)CC1. The summed E-state index contributed by atoms with van der Waals surface area (Å²) >= 11 is 6.56. The fourth-order valence-corrected chi connectivity index (χ4v) is 4.78. The molecule has 1 aliphatic carbocycles. The molecule has 2 aliphatic rings. The molecule has 1 saturated carbocycles. The first-order valence-electron chi connectivity index (χ1n) is 11.0. The Balaban J connectivity index is 1.58. The number of carbonyl (C=O) groups excluding carboxylic acids is 2. The Morgan fingerprint density at radius 2 is 1.91 bits per heavy atom. The summed E-state index contributed by atoms with van der Waals surface area (Å²) in [7, 11) is 1.37. The highest BCUT2D eigenvalue weighted by atomic mass is 35.5. The smallest absolute Gasteiger partial charge is 0.407 e. The Hall–Kier alpha value is -3.24. The van der Waals surface area contributed by atoms with Gasteiger partial charge in [-0.1, -0.05) is 48.9 Å². The zero-order valence-corrected chi connectivity index (χ0v) is 19.5. The fourth-order valence-electron chi connectivity index (χ4n) is 4.56. The topological polar surface area (TPSA) is 94.5 Å². The first-order valence-corrected chi connectivity index (χ1v) is 11.4. The third kappa shape index (κ3) is 4.76. The first kappa shape index (κ1) is 22.9. The van der Waals surface area contributed by atoms with Gasteiger partial charge in [0.2, 0.25) is 5.91 Å². The van der Waals surface area contributed by atoms with Crippen molar-refractivity contribution in [3.8, 4) is 17.2 Å². The molecule has 0 spiro atoms. The van der Waals surface area contributed by atoms with Gasteiger partial charge in [-0.15, -0.1) is 0 Å². The van der Waals surface area contributed by atoms with Crippen LogP contribution in [0.2, 0.25) is 5.02 Å². The molecule has 2 N–H and O–H groups in total. The third-order valence-corrected chi connectivity index (χ3v) is 6.78. The van der Waals surface area contributed by atoms with Crippen LogP contribution < -0.4 is 15.5 Å². The Labute approximate surface area is 198 Å². The van der Waals surface area contributed by atoms with Crippen LogP contribution in [0.25, 0.3) is 11.1 Å². The first-order chi connectivity index (χ1) is 15.9. The van der Waals surface area contributed by atoms with Gasteiger partial charge in [0.1, 0.15) is 12.6 Å². The van der Waals surface area contributed by atoms with Crippen molar-refractivity contribution in [3.05, 3.63) is 53.1 Å². The Morgan fingerprint density at radius 1 is 1.21 bits per heavy atom. The maximum atomic E-state index is 12.6. The van der Waals surface area contributed by atoms with E-state index in [0.29, 0.717) is 23.9 Å². The fraction of sp³-hybridized carbons (Fsp3) is 0.400. The number of halogens is 1. The number of alkyl carbamates (subject to hydrolysis) is 1. The summed E-state index contributed by atoms with van der Waals surface area (Å²) in [6.45, 7) is 2.82. The van der Waals surface area contributed by atoms with E-state index in [1.807, 2.05) is 53.4 Å². The molecule has 2 amide bonds. The van der Waals surface area contributed by atoms with Crippen LogP contribution in [0, 0.1) is 17.2 Å². The highest BCUT2D eigenvalue weighted by molar-refractivity contribution is 6.33.